The summed E-state index contributed by atoms with van der Waals surface area (Å²) in [6.45, 7) is 5.97. The molecule has 1 heterocycles. The molecule has 0 aliphatic carbocycles. The summed E-state index contributed by atoms with van der Waals surface area (Å²) in [5.41, 5.74) is 3.17. The largest absolute Gasteiger partial charge is 0.483 e. The van der Waals surface area contributed by atoms with Crippen molar-refractivity contribution in [1.29, 1.82) is 0 Å². The van der Waals surface area contributed by atoms with Gasteiger partial charge in [-0.3, -0.25) is 9.89 Å². The van der Waals surface area contributed by atoms with Crippen LogP contribution in [0.4, 0.5) is 5.82 Å². The first-order valence-corrected chi connectivity index (χ1v) is 6.62. The van der Waals surface area contributed by atoms with Crippen molar-refractivity contribution in [2.75, 3.05) is 11.9 Å². The zero-order valence-corrected chi connectivity index (χ0v) is 12.0. The monoisotopic (exact) mass is 273 g/mol. The van der Waals surface area contributed by atoms with Crippen molar-refractivity contribution in [3.63, 3.8) is 0 Å². The molecule has 0 aliphatic rings. The Kier molecular flexibility index (Phi) is 4.40. The van der Waals surface area contributed by atoms with Crippen molar-refractivity contribution >= 4 is 11.7 Å². The summed E-state index contributed by atoms with van der Waals surface area (Å²) in [5.74, 6) is 1.16. The number of aryl methyl sites for hydroxylation is 3. The van der Waals surface area contributed by atoms with Gasteiger partial charge in [-0.2, -0.15) is 5.10 Å². The second-order valence-corrected chi connectivity index (χ2v) is 4.73. The lowest BCUT2D eigenvalue weighted by atomic mass is 10.1. The third-order valence-corrected chi connectivity index (χ3v) is 3.05. The van der Waals surface area contributed by atoms with Crippen molar-refractivity contribution < 1.29 is 9.53 Å². The maximum atomic E-state index is 11.8. The summed E-state index contributed by atoms with van der Waals surface area (Å²) < 4.78 is 5.53. The highest BCUT2D eigenvalue weighted by molar-refractivity contribution is 5.91. The van der Waals surface area contributed by atoms with Crippen LogP contribution in [0.25, 0.3) is 0 Å². The van der Waals surface area contributed by atoms with Crippen LogP contribution in [0.2, 0.25) is 0 Å². The number of hydrogen-bond donors (Lipinski definition) is 2. The highest BCUT2D eigenvalue weighted by atomic mass is 16.5. The molecule has 0 saturated heterocycles. The van der Waals surface area contributed by atoms with Crippen molar-refractivity contribution in [2.45, 2.75) is 27.2 Å². The number of nitrogens with one attached hydrogen (secondary N) is 2. The molecule has 20 heavy (non-hydrogen) atoms. The van der Waals surface area contributed by atoms with E-state index in [2.05, 4.69) is 15.5 Å². The van der Waals surface area contributed by atoms with Gasteiger partial charge in [0.2, 0.25) is 0 Å². The van der Waals surface area contributed by atoms with Crippen LogP contribution in [-0.2, 0) is 11.2 Å². The van der Waals surface area contributed by atoms with E-state index in [0.29, 0.717) is 5.82 Å². The van der Waals surface area contributed by atoms with Gasteiger partial charge in [-0.05, 0) is 31.9 Å². The number of nitrogens with zero attached hydrogens (tertiary/aromatic N) is 1. The van der Waals surface area contributed by atoms with Gasteiger partial charge in [0.1, 0.15) is 11.6 Å². The molecule has 0 saturated carbocycles. The average Bonchev–Trinajstić information content (AvgIpc) is 2.85. The second-order valence-electron chi connectivity index (χ2n) is 4.73. The van der Waals surface area contributed by atoms with Gasteiger partial charge in [0.25, 0.3) is 5.91 Å². The lowest BCUT2D eigenvalue weighted by Crippen LogP contribution is -2.21. The summed E-state index contributed by atoms with van der Waals surface area (Å²) in [4.78, 5) is 11.8. The van der Waals surface area contributed by atoms with Gasteiger partial charge < -0.3 is 10.1 Å². The van der Waals surface area contributed by atoms with E-state index < -0.39 is 0 Å². The van der Waals surface area contributed by atoms with Gasteiger partial charge in [-0.15, -0.1) is 0 Å². The molecule has 2 aromatic rings. The molecule has 1 aromatic carbocycles. The fourth-order valence-corrected chi connectivity index (χ4v) is 1.97. The van der Waals surface area contributed by atoms with Gasteiger partial charge in [0.15, 0.2) is 6.61 Å². The van der Waals surface area contributed by atoms with Crippen LogP contribution >= 0.6 is 0 Å². The van der Waals surface area contributed by atoms with Crippen LogP contribution in [0.3, 0.4) is 0 Å². The summed E-state index contributed by atoms with van der Waals surface area (Å²) in [7, 11) is 0. The summed E-state index contributed by atoms with van der Waals surface area (Å²) >= 11 is 0. The van der Waals surface area contributed by atoms with Crippen molar-refractivity contribution in [3.8, 4) is 5.75 Å². The summed E-state index contributed by atoms with van der Waals surface area (Å²) in [6.07, 6.45) is 2.52. The number of aromatic amines is 1. The topological polar surface area (TPSA) is 67.0 Å². The maximum absolute atomic E-state index is 11.8. The lowest BCUT2D eigenvalue weighted by molar-refractivity contribution is -0.118. The zero-order chi connectivity index (χ0) is 14.5. The predicted octanol–water partition coefficient (Wildman–Crippen LogP) is 2.61. The minimum absolute atomic E-state index is 0.0218. The first-order valence-electron chi connectivity index (χ1n) is 6.62. The minimum atomic E-state index is -0.205. The van der Waals surface area contributed by atoms with E-state index in [0.717, 1.165) is 23.3 Å². The Morgan fingerprint density at radius 1 is 1.40 bits per heavy atom. The first kappa shape index (κ1) is 14.1. The Morgan fingerprint density at radius 3 is 2.90 bits per heavy atom. The number of hydrogen-bond acceptors (Lipinski definition) is 3. The van der Waals surface area contributed by atoms with E-state index >= 15 is 0 Å². The van der Waals surface area contributed by atoms with E-state index in [-0.39, 0.29) is 12.5 Å². The average molecular weight is 273 g/mol. The van der Waals surface area contributed by atoms with Crippen molar-refractivity contribution in [3.05, 3.63) is 41.1 Å². The molecule has 5 heteroatoms. The van der Waals surface area contributed by atoms with Crippen molar-refractivity contribution in [2.24, 2.45) is 0 Å². The fraction of sp³-hybridized carbons (Fsp3) is 0.333. The quantitative estimate of drug-likeness (QED) is 0.880. The van der Waals surface area contributed by atoms with Gasteiger partial charge in [0.05, 0.1) is 6.20 Å². The Bertz CT molecular complexity index is 605. The molecular formula is C15H19N3O2. The number of aromatic nitrogens is 2. The standard InChI is InChI=1S/C15H19N3O2/c1-4-12-8-16-18-15(12)17-14(19)9-20-13-6-5-10(2)7-11(13)3/h5-8H,4,9H2,1-3H3,(H2,16,17,18,19). The molecule has 106 valence electrons. The number of anilines is 1. The maximum Gasteiger partial charge on any atom is 0.263 e. The highest BCUT2D eigenvalue weighted by Crippen LogP contribution is 2.18. The Labute approximate surface area is 118 Å². The minimum Gasteiger partial charge on any atom is -0.483 e. The van der Waals surface area contributed by atoms with E-state index in [4.69, 9.17) is 4.74 Å². The molecule has 0 atom stereocenters. The van der Waals surface area contributed by atoms with Crippen LogP contribution in [0.1, 0.15) is 23.6 Å². The Balaban J connectivity index is 1.92. The predicted molar refractivity (Wildman–Crippen MR) is 78.0 cm³/mol. The van der Waals surface area contributed by atoms with Gasteiger partial charge in [-0.25, -0.2) is 0 Å². The number of carbonyl (C=O) groups is 1. The van der Waals surface area contributed by atoms with Gasteiger partial charge in [-0.1, -0.05) is 24.6 Å². The lowest BCUT2D eigenvalue weighted by Gasteiger charge is -2.10. The van der Waals surface area contributed by atoms with Gasteiger partial charge >= 0.3 is 0 Å². The third-order valence-electron chi connectivity index (χ3n) is 3.05. The van der Waals surface area contributed by atoms with Crippen LogP contribution in [0.5, 0.6) is 5.75 Å². The van der Waals surface area contributed by atoms with E-state index in [1.54, 1.807) is 6.20 Å². The normalized spacial score (nSPS) is 10.3. The SMILES string of the molecule is CCc1cn[nH]c1NC(=O)COc1ccc(C)cc1C. The van der Waals surface area contributed by atoms with E-state index in [1.165, 1.54) is 5.56 Å². The second kappa shape index (κ2) is 6.23. The molecule has 0 aliphatic heterocycles. The van der Waals surface area contributed by atoms with E-state index in [9.17, 15) is 4.79 Å². The zero-order valence-electron chi connectivity index (χ0n) is 12.0. The van der Waals surface area contributed by atoms with Crippen LogP contribution in [0, 0.1) is 13.8 Å². The molecule has 0 spiro atoms. The number of H-pyrrole nitrogens is 1. The molecular weight excluding hydrogens is 254 g/mol. The molecule has 0 bridgehead atoms. The molecule has 0 unspecified atom stereocenters. The summed E-state index contributed by atoms with van der Waals surface area (Å²) in [5, 5.41) is 9.44. The number of carbonyl (C=O) groups excluding carboxylic acids is 1. The number of rotatable bonds is 5. The molecule has 5 nitrogen and oxygen atoms in total. The first-order chi connectivity index (χ1) is 9.60. The fourth-order valence-electron chi connectivity index (χ4n) is 1.97. The van der Waals surface area contributed by atoms with Gasteiger partial charge in [0, 0.05) is 5.56 Å². The van der Waals surface area contributed by atoms with Crippen LogP contribution in [-0.4, -0.2) is 22.7 Å². The smallest absolute Gasteiger partial charge is 0.263 e. The molecule has 1 aromatic heterocycles. The Morgan fingerprint density at radius 2 is 2.20 bits per heavy atom. The molecule has 0 radical (unpaired) electrons. The van der Waals surface area contributed by atoms with Crippen molar-refractivity contribution in [1.82, 2.24) is 10.2 Å². The summed E-state index contributed by atoms with van der Waals surface area (Å²) in [6, 6.07) is 5.87. The van der Waals surface area contributed by atoms with Crippen LogP contribution in [0.15, 0.2) is 24.4 Å². The third kappa shape index (κ3) is 3.38. The Hall–Kier alpha value is -2.30. The number of amides is 1. The molecule has 2 rings (SSSR count). The molecule has 2 N–H and O–H groups in total. The van der Waals surface area contributed by atoms with Crippen LogP contribution < -0.4 is 10.1 Å². The number of benzene rings is 1. The molecule has 1 amide bonds. The highest BCUT2D eigenvalue weighted by Gasteiger charge is 2.09. The van der Waals surface area contributed by atoms with E-state index in [1.807, 2.05) is 39.0 Å². The molecule has 0 fully saturated rings. The number of ether oxygens (including phenoxy) is 1.